The van der Waals surface area contributed by atoms with Crippen molar-refractivity contribution in [3.05, 3.63) is 79.6 Å². The summed E-state index contributed by atoms with van der Waals surface area (Å²) in [7, 11) is 0. The Balaban J connectivity index is 1.74. The molecule has 27 heavy (non-hydrogen) atoms. The van der Waals surface area contributed by atoms with Gasteiger partial charge in [-0.25, -0.2) is 4.68 Å². The number of benzene rings is 2. The van der Waals surface area contributed by atoms with Crippen LogP contribution in [0.5, 0.6) is 0 Å². The number of hydrogen-bond donors (Lipinski definition) is 0. The topological polar surface area (TPSA) is 85.7 Å². The molecule has 1 aromatic heterocycles. The van der Waals surface area contributed by atoms with Crippen LogP contribution in [-0.2, 0) is 6.42 Å². The van der Waals surface area contributed by atoms with E-state index < -0.39 is 4.92 Å². The lowest BCUT2D eigenvalue weighted by Gasteiger charge is -2.16. The minimum Gasteiger partial charge on any atom is -0.258 e. The molecule has 0 atom stereocenters. The molecule has 7 nitrogen and oxygen atoms in total. The third-order valence-electron chi connectivity index (χ3n) is 4.41. The highest BCUT2D eigenvalue weighted by Crippen LogP contribution is 2.21. The molecule has 0 spiro atoms. The summed E-state index contributed by atoms with van der Waals surface area (Å²) >= 11 is 1.43. The molecule has 136 valence electrons. The van der Waals surface area contributed by atoms with Crippen molar-refractivity contribution in [3.8, 4) is 5.69 Å². The Bertz CT molecular complexity index is 1100. The fourth-order valence-corrected chi connectivity index (χ4v) is 3.83. The number of nitro benzene ring substituents is 1. The Morgan fingerprint density at radius 1 is 1.11 bits per heavy atom. The summed E-state index contributed by atoms with van der Waals surface area (Å²) in [5.74, 6) is 0. The molecule has 0 unspecified atom stereocenters. The van der Waals surface area contributed by atoms with Crippen LogP contribution in [0.4, 0.5) is 5.69 Å². The Kier molecular flexibility index (Phi) is 4.64. The minimum absolute atomic E-state index is 0.0452. The van der Waals surface area contributed by atoms with E-state index in [-0.39, 0.29) is 5.69 Å². The van der Waals surface area contributed by atoms with Crippen molar-refractivity contribution in [2.75, 3.05) is 0 Å². The fourth-order valence-electron chi connectivity index (χ4n) is 3.13. The molecular formula is C19H17N5O2S. The standard InChI is InChI=1S/C19H17N5O2S/c1-13-22-23(15-9-11-16(12-10-15)24(25)26)19(27-13)21-20-18-8-4-6-14-5-2-3-7-17(14)18/h2-3,5,7,9-12H,4,6,8H2,1H3. The van der Waals surface area contributed by atoms with Gasteiger partial charge in [0.1, 0.15) is 5.01 Å². The maximum Gasteiger partial charge on any atom is 0.269 e. The van der Waals surface area contributed by atoms with E-state index in [1.165, 1.54) is 29.0 Å². The second-order valence-electron chi connectivity index (χ2n) is 6.25. The van der Waals surface area contributed by atoms with Crippen molar-refractivity contribution in [1.82, 2.24) is 9.78 Å². The average Bonchev–Trinajstić information content (AvgIpc) is 3.07. The fraction of sp³-hybridized carbons (Fsp3) is 0.211. The van der Waals surface area contributed by atoms with Crippen LogP contribution in [0.2, 0.25) is 0 Å². The number of aryl methyl sites for hydroxylation is 2. The number of aromatic nitrogens is 2. The second-order valence-corrected chi connectivity index (χ2v) is 7.41. The van der Waals surface area contributed by atoms with Crippen LogP contribution in [0.1, 0.15) is 29.0 Å². The number of nitrogens with zero attached hydrogens (tertiary/aromatic N) is 5. The van der Waals surface area contributed by atoms with Crippen molar-refractivity contribution in [2.45, 2.75) is 26.2 Å². The zero-order valence-corrected chi connectivity index (χ0v) is 15.5. The van der Waals surface area contributed by atoms with E-state index in [0.717, 1.165) is 35.5 Å². The Morgan fingerprint density at radius 2 is 1.89 bits per heavy atom. The molecule has 0 saturated heterocycles. The second kappa shape index (κ2) is 7.24. The van der Waals surface area contributed by atoms with E-state index in [1.54, 1.807) is 16.8 Å². The van der Waals surface area contributed by atoms with Crippen LogP contribution in [0, 0.1) is 17.0 Å². The Labute approximate surface area is 159 Å². The van der Waals surface area contributed by atoms with Gasteiger partial charge in [-0.15, -0.1) is 5.10 Å². The van der Waals surface area contributed by atoms with Gasteiger partial charge in [0, 0.05) is 17.7 Å². The lowest BCUT2D eigenvalue weighted by atomic mass is 9.90. The molecule has 1 heterocycles. The van der Waals surface area contributed by atoms with Gasteiger partial charge in [-0.05, 0) is 43.9 Å². The number of hydrogen-bond acceptors (Lipinski definition) is 6. The smallest absolute Gasteiger partial charge is 0.258 e. The van der Waals surface area contributed by atoms with Gasteiger partial charge in [-0.2, -0.15) is 10.2 Å². The highest BCUT2D eigenvalue weighted by atomic mass is 32.1. The van der Waals surface area contributed by atoms with Gasteiger partial charge in [0.15, 0.2) is 0 Å². The maximum atomic E-state index is 10.8. The van der Waals surface area contributed by atoms with E-state index in [2.05, 4.69) is 27.4 Å². The minimum atomic E-state index is -0.418. The van der Waals surface area contributed by atoms with E-state index in [4.69, 9.17) is 0 Å². The summed E-state index contributed by atoms with van der Waals surface area (Å²) in [5, 5.41) is 25.1. The van der Waals surface area contributed by atoms with Gasteiger partial charge in [-0.3, -0.25) is 10.1 Å². The summed E-state index contributed by atoms with van der Waals surface area (Å²) in [6.07, 6.45) is 3.03. The summed E-state index contributed by atoms with van der Waals surface area (Å²) in [6.45, 7) is 1.90. The van der Waals surface area contributed by atoms with Crippen molar-refractivity contribution >= 4 is 22.7 Å². The zero-order valence-electron chi connectivity index (χ0n) is 14.7. The van der Waals surface area contributed by atoms with E-state index in [9.17, 15) is 10.1 Å². The van der Waals surface area contributed by atoms with Crippen LogP contribution in [0.25, 0.3) is 5.69 Å². The van der Waals surface area contributed by atoms with Crippen LogP contribution in [0.15, 0.2) is 58.7 Å². The molecule has 0 radical (unpaired) electrons. The predicted molar refractivity (Wildman–Crippen MR) is 104 cm³/mol. The molecule has 0 bridgehead atoms. The lowest BCUT2D eigenvalue weighted by molar-refractivity contribution is -0.384. The molecule has 0 N–H and O–H groups in total. The lowest BCUT2D eigenvalue weighted by Crippen LogP contribution is -2.15. The van der Waals surface area contributed by atoms with Gasteiger partial charge >= 0.3 is 0 Å². The molecule has 0 saturated carbocycles. The van der Waals surface area contributed by atoms with Gasteiger partial charge in [-0.1, -0.05) is 35.6 Å². The van der Waals surface area contributed by atoms with E-state index in [1.807, 2.05) is 19.1 Å². The van der Waals surface area contributed by atoms with Crippen molar-refractivity contribution in [3.63, 3.8) is 0 Å². The molecule has 4 rings (SSSR count). The molecule has 0 fully saturated rings. The third-order valence-corrected chi connectivity index (χ3v) is 5.22. The summed E-state index contributed by atoms with van der Waals surface area (Å²) in [6, 6.07) is 14.6. The summed E-state index contributed by atoms with van der Waals surface area (Å²) in [4.78, 5) is 11.1. The first kappa shape index (κ1) is 17.3. The first-order chi connectivity index (χ1) is 13.1. The first-order valence-electron chi connectivity index (χ1n) is 8.62. The molecule has 2 aromatic carbocycles. The Hall–Kier alpha value is -3.13. The first-order valence-corrected chi connectivity index (χ1v) is 9.44. The van der Waals surface area contributed by atoms with Crippen LogP contribution in [0.3, 0.4) is 0 Å². The molecule has 1 aliphatic rings. The third kappa shape index (κ3) is 3.56. The summed E-state index contributed by atoms with van der Waals surface area (Å²) in [5.41, 5.74) is 4.21. The predicted octanol–water partition coefficient (Wildman–Crippen LogP) is 3.79. The van der Waals surface area contributed by atoms with Crippen molar-refractivity contribution < 1.29 is 4.92 Å². The van der Waals surface area contributed by atoms with Gasteiger partial charge in [0.05, 0.1) is 16.3 Å². The molecular weight excluding hydrogens is 362 g/mol. The number of fused-ring (bicyclic) bond motifs is 1. The number of non-ortho nitro benzene ring substituents is 1. The van der Waals surface area contributed by atoms with Crippen LogP contribution >= 0.6 is 11.3 Å². The molecule has 8 heteroatoms. The average molecular weight is 379 g/mol. The number of nitro groups is 1. The maximum absolute atomic E-state index is 10.8. The highest BCUT2D eigenvalue weighted by molar-refractivity contribution is 7.08. The van der Waals surface area contributed by atoms with Gasteiger partial charge < -0.3 is 0 Å². The Morgan fingerprint density at radius 3 is 2.67 bits per heavy atom. The van der Waals surface area contributed by atoms with E-state index in [0.29, 0.717) is 10.5 Å². The monoisotopic (exact) mass is 379 g/mol. The molecule has 1 aliphatic carbocycles. The van der Waals surface area contributed by atoms with Gasteiger partial charge in [0.25, 0.3) is 5.69 Å². The normalized spacial score (nSPS) is 15.7. The molecule has 3 aromatic rings. The van der Waals surface area contributed by atoms with Crippen molar-refractivity contribution in [2.24, 2.45) is 10.2 Å². The summed E-state index contributed by atoms with van der Waals surface area (Å²) < 4.78 is 1.67. The van der Waals surface area contributed by atoms with Gasteiger partial charge in [0.2, 0.25) is 4.80 Å². The van der Waals surface area contributed by atoms with Crippen LogP contribution in [-0.4, -0.2) is 20.4 Å². The molecule has 0 amide bonds. The highest BCUT2D eigenvalue weighted by Gasteiger charge is 2.15. The van der Waals surface area contributed by atoms with E-state index >= 15 is 0 Å². The van der Waals surface area contributed by atoms with Crippen LogP contribution < -0.4 is 4.80 Å². The number of rotatable bonds is 3. The zero-order chi connectivity index (χ0) is 18.8. The largest absolute Gasteiger partial charge is 0.269 e. The quantitative estimate of drug-likeness (QED) is 0.512. The molecule has 0 aliphatic heterocycles. The SMILES string of the molecule is Cc1nn(-c2ccc([N+](=O)[O-])cc2)c(=NN=C2CCCc3ccccc32)s1. The van der Waals surface area contributed by atoms with Crippen molar-refractivity contribution in [1.29, 1.82) is 0 Å².